The van der Waals surface area contributed by atoms with Crippen LogP contribution in [0.3, 0.4) is 0 Å². The molecule has 0 aromatic heterocycles. The first kappa shape index (κ1) is 17.5. The van der Waals surface area contributed by atoms with Crippen LogP contribution in [0.15, 0.2) is 42.5 Å². The van der Waals surface area contributed by atoms with Crippen molar-refractivity contribution in [2.45, 2.75) is 32.4 Å². The zero-order valence-corrected chi connectivity index (χ0v) is 15.4. The topological polar surface area (TPSA) is 75.3 Å². The smallest absolute Gasteiger partial charge is 0.236 e. The molecule has 2 N–H and O–H groups in total. The highest BCUT2D eigenvalue weighted by molar-refractivity contribution is 7.91. The minimum absolute atomic E-state index is 0.0371. The maximum atomic E-state index is 12.5. The van der Waals surface area contributed by atoms with Crippen molar-refractivity contribution in [1.29, 1.82) is 0 Å². The van der Waals surface area contributed by atoms with Gasteiger partial charge in [0.15, 0.2) is 0 Å². The molecular weight excluding hydrogens is 336 g/mol. The van der Waals surface area contributed by atoms with E-state index in [4.69, 9.17) is 0 Å². The fourth-order valence-corrected chi connectivity index (χ4v) is 4.49. The Kier molecular flexibility index (Phi) is 4.56. The molecule has 1 unspecified atom stereocenters. The van der Waals surface area contributed by atoms with Gasteiger partial charge in [-0.3, -0.25) is 9.52 Å². The summed E-state index contributed by atoms with van der Waals surface area (Å²) in [5.74, 6) is -0.234. The lowest BCUT2D eigenvalue weighted by Gasteiger charge is -2.14. The van der Waals surface area contributed by atoms with Crippen LogP contribution in [0.4, 0.5) is 11.4 Å². The summed E-state index contributed by atoms with van der Waals surface area (Å²) < 4.78 is 27.6. The van der Waals surface area contributed by atoms with Gasteiger partial charge in [0, 0.05) is 11.4 Å². The number of nitrogens with one attached hydrogen (secondary N) is 2. The highest BCUT2D eigenvalue weighted by Crippen LogP contribution is 2.38. The van der Waals surface area contributed by atoms with Gasteiger partial charge in [-0.2, -0.15) is 0 Å². The summed E-state index contributed by atoms with van der Waals surface area (Å²) in [5.41, 5.74) is 3.79. The SMILES string of the molecule is Cc1ccccc1CS(=O)(=O)Nc1ccc2c(c1)C(C(C)C)C(=O)N2. The van der Waals surface area contributed by atoms with E-state index in [1.165, 1.54) is 0 Å². The summed E-state index contributed by atoms with van der Waals surface area (Å²) >= 11 is 0. The zero-order valence-electron chi connectivity index (χ0n) is 14.5. The molecule has 1 heterocycles. The van der Waals surface area contributed by atoms with Crippen LogP contribution in [0.2, 0.25) is 0 Å². The van der Waals surface area contributed by atoms with Crippen molar-refractivity contribution >= 4 is 27.3 Å². The van der Waals surface area contributed by atoms with E-state index >= 15 is 0 Å². The Labute approximate surface area is 148 Å². The quantitative estimate of drug-likeness (QED) is 0.857. The molecule has 0 spiro atoms. The molecule has 1 aliphatic rings. The molecule has 1 aliphatic heterocycles. The van der Waals surface area contributed by atoms with Gasteiger partial charge in [0.2, 0.25) is 15.9 Å². The van der Waals surface area contributed by atoms with E-state index in [0.717, 1.165) is 22.4 Å². The minimum atomic E-state index is -3.53. The Morgan fingerprint density at radius 3 is 2.56 bits per heavy atom. The normalized spacial score (nSPS) is 16.6. The molecule has 0 saturated carbocycles. The fraction of sp³-hybridized carbons (Fsp3) is 0.316. The van der Waals surface area contributed by atoms with Gasteiger partial charge < -0.3 is 5.32 Å². The Bertz CT molecular complexity index is 920. The van der Waals surface area contributed by atoms with Crippen LogP contribution in [0.5, 0.6) is 0 Å². The lowest BCUT2D eigenvalue weighted by Crippen LogP contribution is -2.17. The molecule has 2 aromatic rings. The highest BCUT2D eigenvalue weighted by atomic mass is 32.2. The Morgan fingerprint density at radius 2 is 1.88 bits per heavy atom. The number of sulfonamides is 1. The lowest BCUT2D eigenvalue weighted by molar-refractivity contribution is -0.117. The van der Waals surface area contributed by atoms with E-state index in [2.05, 4.69) is 10.0 Å². The predicted molar refractivity (Wildman–Crippen MR) is 100 cm³/mol. The predicted octanol–water partition coefficient (Wildman–Crippen LogP) is 3.63. The van der Waals surface area contributed by atoms with Gasteiger partial charge in [0.05, 0.1) is 11.7 Å². The van der Waals surface area contributed by atoms with E-state index < -0.39 is 10.0 Å². The van der Waals surface area contributed by atoms with Gasteiger partial charge >= 0.3 is 0 Å². The number of carbonyl (C=O) groups excluding carboxylic acids is 1. The number of fused-ring (bicyclic) bond motifs is 1. The van der Waals surface area contributed by atoms with E-state index in [1.54, 1.807) is 18.2 Å². The van der Waals surface area contributed by atoms with E-state index in [-0.39, 0.29) is 23.5 Å². The van der Waals surface area contributed by atoms with E-state index in [9.17, 15) is 13.2 Å². The molecule has 0 saturated heterocycles. The number of hydrogen-bond donors (Lipinski definition) is 2. The van der Waals surface area contributed by atoms with Gasteiger partial charge in [-0.15, -0.1) is 0 Å². The van der Waals surface area contributed by atoms with Crippen LogP contribution in [0.1, 0.15) is 36.5 Å². The monoisotopic (exact) mass is 358 g/mol. The van der Waals surface area contributed by atoms with Crippen molar-refractivity contribution in [3.8, 4) is 0 Å². The molecule has 3 rings (SSSR count). The first-order valence-corrected chi connectivity index (χ1v) is 9.92. The average molecular weight is 358 g/mol. The fourth-order valence-electron chi connectivity index (χ4n) is 3.20. The van der Waals surface area contributed by atoms with E-state index in [0.29, 0.717) is 5.69 Å². The zero-order chi connectivity index (χ0) is 18.2. The van der Waals surface area contributed by atoms with Crippen LogP contribution < -0.4 is 10.0 Å². The second kappa shape index (κ2) is 6.52. The number of carbonyl (C=O) groups is 1. The molecule has 0 bridgehead atoms. The first-order chi connectivity index (χ1) is 11.8. The first-order valence-electron chi connectivity index (χ1n) is 8.26. The van der Waals surface area contributed by atoms with Crippen molar-refractivity contribution in [3.05, 3.63) is 59.2 Å². The Hall–Kier alpha value is -2.34. The van der Waals surface area contributed by atoms with Gasteiger partial charge in [-0.05, 0) is 47.7 Å². The van der Waals surface area contributed by atoms with E-state index in [1.807, 2.05) is 45.0 Å². The number of rotatable bonds is 5. The van der Waals surface area contributed by atoms with Gasteiger partial charge in [-0.1, -0.05) is 38.1 Å². The summed E-state index contributed by atoms with van der Waals surface area (Å²) in [5, 5.41) is 2.85. The molecule has 0 fully saturated rings. The van der Waals surface area contributed by atoms with Crippen LogP contribution in [-0.2, 0) is 20.6 Å². The summed E-state index contributed by atoms with van der Waals surface area (Å²) in [6, 6.07) is 12.6. The molecule has 25 heavy (non-hydrogen) atoms. The van der Waals surface area contributed by atoms with Crippen LogP contribution in [0.25, 0.3) is 0 Å². The lowest BCUT2D eigenvalue weighted by atomic mass is 9.89. The Balaban J connectivity index is 1.84. The number of amides is 1. The third-order valence-electron chi connectivity index (χ3n) is 4.47. The molecule has 2 aromatic carbocycles. The molecule has 1 amide bonds. The molecule has 0 radical (unpaired) electrons. The van der Waals surface area contributed by atoms with Crippen molar-refractivity contribution in [3.63, 3.8) is 0 Å². The Morgan fingerprint density at radius 1 is 1.16 bits per heavy atom. The van der Waals surface area contributed by atoms with Crippen molar-refractivity contribution in [1.82, 2.24) is 0 Å². The molecule has 6 heteroatoms. The van der Waals surface area contributed by atoms with Crippen LogP contribution in [-0.4, -0.2) is 14.3 Å². The largest absolute Gasteiger partial charge is 0.325 e. The summed E-state index contributed by atoms with van der Waals surface area (Å²) in [6.07, 6.45) is 0. The van der Waals surface area contributed by atoms with Gasteiger partial charge in [0.25, 0.3) is 0 Å². The van der Waals surface area contributed by atoms with Gasteiger partial charge in [-0.25, -0.2) is 8.42 Å². The standard InChI is InChI=1S/C19H22N2O3S/c1-12(2)18-16-10-15(8-9-17(16)20-19(18)22)21-25(23,24)11-14-7-5-4-6-13(14)3/h4-10,12,18,21H,11H2,1-3H3,(H,20,22). The van der Waals surface area contributed by atoms with Crippen molar-refractivity contribution < 1.29 is 13.2 Å². The molecule has 1 atom stereocenters. The highest BCUT2D eigenvalue weighted by Gasteiger charge is 2.33. The summed E-state index contributed by atoms with van der Waals surface area (Å²) in [7, 11) is -3.53. The second-order valence-electron chi connectivity index (χ2n) is 6.80. The molecule has 132 valence electrons. The third kappa shape index (κ3) is 3.69. The van der Waals surface area contributed by atoms with Crippen LogP contribution >= 0.6 is 0 Å². The summed E-state index contributed by atoms with van der Waals surface area (Å²) in [6.45, 7) is 5.85. The summed E-state index contributed by atoms with van der Waals surface area (Å²) in [4.78, 5) is 12.1. The number of hydrogen-bond acceptors (Lipinski definition) is 3. The second-order valence-corrected chi connectivity index (χ2v) is 8.52. The number of aryl methyl sites for hydroxylation is 1. The number of anilines is 2. The third-order valence-corrected chi connectivity index (χ3v) is 5.71. The maximum absolute atomic E-state index is 12.5. The number of benzene rings is 2. The minimum Gasteiger partial charge on any atom is -0.325 e. The molecular formula is C19H22N2O3S. The van der Waals surface area contributed by atoms with Crippen molar-refractivity contribution in [2.24, 2.45) is 5.92 Å². The molecule has 0 aliphatic carbocycles. The maximum Gasteiger partial charge on any atom is 0.236 e. The average Bonchev–Trinajstić information content (AvgIpc) is 2.84. The molecule has 5 nitrogen and oxygen atoms in total. The van der Waals surface area contributed by atoms with Crippen LogP contribution in [0, 0.1) is 12.8 Å². The van der Waals surface area contributed by atoms with Crippen molar-refractivity contribution in [2.75, 3.05) is 10.0 Å². The van der Waals surface area contributed by atoms with Gasteiger partial charge in [0.1, 0.15) is 0 Å².